The molecule has 0 spiro atoms. The first-order chi connectivity index (χ1) is 11.7. The van der Waals surface area contributed by atoms with E-state index in [1.54, 1.807) is 18.6 Å². The summed E-state index contributed by atoms with van der Waals surface area (Å²) in [5, 5.41) is 0. The molecule has 0 N–H and O–H groups in total. The molecule has 0 unspecified atom stereocenters. The predicted molar refractivity (Wildman–Crippen MR) is 91.7 cm³/mol. The van der Waals surface area contributed by atoms with Gasteiger partial charge in [-0.3, -0.25) is 14.7 Å². The van der Waals surface area contributed by atoms with E-state index in [1.165, 1.54) is 0 Å². The summed E-state index contributed by atoms with van der Waals surface area (Å²) in [5.74, 6) is 2.19. The highest BCUT2D eigenvalue weighted by Gasteiger charge is 2.25. The third kappa shape index (κ3) is 4.90. The molecule has 0 atom stereocenters. The topological polar surface area (TPSA) is 58.6 Å². The van der Waals surface area contributed by atoms with Crippen LogP contribution in [0.25, 0.3) is 0 Å². The quantitative estimate of drug-likeness (QED) is 0.823. The number of rotatable bonds is 5. The Kier molecular flexibility index (Phi) is 6.01. The summed E-state index contributed by atoms with van der Waals surface area (Å²) in [5.41, 5.74) is 0. The lowest BCUT2D eigenvalue weighted by molar-refractivity contribution is -0.134. The van der Waals surface area contributed by atoms with Gasteiger partial charge in [0.1, 0.15) is 0 Å². The number of piperidine rings is 2. The van der Waals surface area contributed by atoms with E-state index in [9.17, 15) is 4.79 Å². The molecule has 0 bridgehead atoms. The lowest BCUT2D eigenvalue weighted by atomic mass is 9.97. The van der Waals surface area contributed by atoms with Crippen molar-refractivity contribution in [1.29, 1.82) is 0 Å². The molecule has 6 heteroatoms. The SMILES string of the molecule is CC1CCN(C(=O)CN2CCC(COc3cnccn3)CC2)CC1. The number of carbonyl (C=O) groups excluding carboxylic acids is 1. The number of carbonyl (C=O) groups is 1. The molecule has 2 aliphatic heterocycles. The van der Waals surface area contributed by atoms with Crippen LogP contribution in [0.2, 0.25) is 0 Å². The highest BCUT2D eigenvalue weighted by molar-refractivity contribution is 5.78. The Morgan fingerprint density at radius 2 is 1.92 bits per heavy atom. The van der Waals surface area contributed by atoms with Gasteiger partial charge in [-0.1, -0.05) is 6.92 Å². The van der Waals surface area contributed by atoms with Crippen molar-refractivity contribution in [3.05, 3.63) is 18.6 Å². The summed E-state index contributed by atoms with van der Waals surface area (Å²) in [4.78, 5) is 24.9. The smallest absolute Gasteiger partial charge is 0.236 e. The molecule has 1 aromatic rings. The molecule has 1 aromatic heterocycles. The van der Waals surface area contributed by atoms with Crippen molar-refractivity contribution in [2.45, 2.75) is 32.6 Å². The van der Waals surface area contributed by atoms with Crippen LogP contribution in [0.15, 0.2) is 18.6 Å². The second kappa shape index (κ2) is 8.42. The fourth-order valence-electron chi connectivity index (χ4n) is 3.42. The van der Waals surface area contributed by atoms with Crippen LogP contribution in [-0.2, 0) is 4.79 Å². The minimum atomic E-state index is 0.302. The molecule has 0 radical (unpaired) electrons. The molecule has 0 saturated carbocycles. The van der Waals surface area contributed by atoms with E-state index in [4.69, 9.17) is 4.74 Å². The van der Waals surface area contributed by atoms with Gasteiger partial charge in [-0.25, -0.2) is 4.98 Å². The van der Waals surface area contributed by atoms with Gasteiger partial charge in [0.15, 0.2) is 0 Å². The zero-order chi connectivity index (χ0) is 16.8. The molecule has 132 valence electrons. The van der Waals surface area contributed by atoms with E-state index in [0.29, 0.717) is 30.9 Å². The second-order valence-corrected chi connectivity index (χ2v) is 7.14. The van der Waals surface area contributed by atoms with Crippen LogP contribution >= 0.6 is 0 Å². The Bertz CT molecular complexity index is 509. The first-order valence-corrected chi connectivity index (χ1v) is 9.09. The largest absolute Gasteiger partial charge is 0.476 e. The minimum absolute atomic E-state index is 0.302. The summed E-state index contributed by atoms with van der Waals surface area (Å²) in [7, 11) is 0. The maximum Gasteiger partial charge on any atom is 0.236 e. The van der Waals surface area contributed by atoms with Gasteiger partial charge < -0.3 is 9.64 Å². The van der Waals surface area contributed by atoms with Gasteiger partial charge in [0.05, 0.1) is 19.3 Å². The molecule has 1 amide bonds. The molecule has 3 heterocycles. The van der Waals surface area contributed by atoms with Crippen molar-refractivity contribution in [2.75, 3.05) is 39.3 Å². The van der Waals surface area contributed by atoms with Crippen molar-refractivity contribution in [2.24, 2.45) is 11.8 Å². The summed E-state index contributed by atoms with van der Waals surface area (Å²) < 4.78 is 5.70. The standard InChI is InChI=1S/C18H28N4O2/c1-15-2-10-22(11-3-15)18(23)13-21-8-4-16(5-9-21)14-24-17-12-19-6-7-20-17/h6-7,12,15-16H,2-5,8-11,13-14H2,1H3. The van der Waals surface area contributed by atoms with E-state index in [1.807, 2.05) is 4.90 Å². The molecule has 3 rings (SSSR count). The maximum absolute atomic E-state index is 12.4. The minimum Gasteiger partial charge on any atom is -0.476 e. The first kappa shape index (κ1) is 17.1. The summed E-state index contributed by atoms with van der Waals surface area (Å²) in [6, 6.07) is 0. The third-order valence-electron chi connectivity index (χ3n) is 5.21. The molecular weight excluding hydrogens is 304 g/mol. The van der Waals surface area contributed by atoms with Gasteiger partial charge in [0.2, 0.25) is 11.8 Å². The number of likely N-dealkylation sites (tertiary alicyclic amines) is 2. The molecule has 6 nitrogen and oxygen atoms in total. The van der Waals surface area contributed by atoms with Gasteiger partial charge in [-0.05, 0) is 50.6 Å². The van der Waals surface area contributed by atoms with Crippen molar-refractivity contribution >= 4 is 5.91 Å². The monoisotopic (exact) mass is 332 g/mol. The van der Waals surface area contributed by atoms with E-state index in [0.717, 1.165) is 57.8 Å². The van der Waals surface area contributed by atoms with Crippen LogP contribution in [-0.4, -0.2) is 65.0 Å². The maximum atomic E-state index is 12.4. The summed E-state index contributed by atoms with van der Waals surface area (Å²) >= 11 is 0. The second-order valence-electron chi connectivity index (χ2n) is 7.14. The van der Waals surface area contributed by atoms with E-state index in [2.05, 4.69) is 21.8 Å². The van der Waals surface area contributed by atoms with Crippen LogP contribution in [0.5, 0.6) is 5.88 Å². The molecule has 24 heavy (non-hydrogen) atoms. The summed E-state index contributed by atoms with van der Waals surface area (Å²) in [6.45, 7) is 7.35. The van der Waals surface area contributed by atoms with Crippen LogP contribution in [0.3, 0.4) is 0 Å². The van der Waals surface area contributed by atoms with Crippen molar-refractivity contribution < 1.29 is 9.53 Å². The molecule has 2 saturated heterocycles. The number of hydrogen-bond donors (Lipinski definition) is 0. The Morgan fingerprint density at radius 1 is 1.17 bits per heavy atom. The number of amides is 1. The van der Waals surface area contributed by atoms with E-state index in [-0.39, 0.29) is 0 Å². The van der Waals surface area contributed by atoms with E-state index >= 15 is 0 Å². The van der Waals surface area contributed by atoms with Gasteiger partial charge in [0, 0.05) is 25.5 Å². The number of ether oxygens (including phenoxy) is 1. The Balaban J connectivity index is 1.35. The van der Waals surface area contributed by atoms with Gasteiger partial charge in [0.25, 0.3) is 0 Å². The van der Waals surface area contributed by atoms with Crippen LogP contribution in [0, 0.1) is 11.8 Å². The molecule has 2 fully saturated rings. The highest BCUT2D eigenvalue weighted by Crippen LogP contribution is 2.20. The predicted octanol–water partition coefficient (Wildman–Crippen LogP) is 1.83. The van der Waals surface area contributed by atoms with Crippen molar-refractivity contribution in [3.63, 3.8) is 0 Å². The fourth-order valence-corrected chi connectivity index (χ4v) is 3.42. The lowest BCUT2D eigenvalue weighted by Gasteiger charge is -2.35. The average molecular weight is 332 g/mol. The number of aromatic nitrogens is 2. The normalized spacial score (nSPS) is 21.0. The fraction of sp³-hybridized carbons (Fsp3) is 0.722. The zero-order valence-corrected chi connectivity index (χ0v) is 14.6. The third-order valence-corrected chi connectivity index (χ3v) is 5.21. The Labute approximate surface area is 144 Å². The molecule has 0 aromatic carbocycles. The average Bonchev–Trinajstić information content (AvgIpc) is 2.62. The highest BCUT2D eigenvalue weighted by atomic mass is 16.5. The number of nitrogens with zero attached hydrogens (tertiary/aromatic N) is 4. The first-order valence-electron chi connectivity index (χ1n) is 9.09. The Hall–Kier alpha value is -1.69. The number of hydrogen-bond acceptors (Lipinski definition) is 5. The van der Waals surface area contributed by atoms with Crippen LogP contribution in [0.4, 0.5) is 0 Å². The van der Waals surface area contributed by atoms with Gasteiger partial charge in [-0.15, -0.1) is 0 Å². The van der Waals surface area contributed by atoms with Gasteiger partial charge >= 0.3 is 0 Å². The zero-order valence-electron chi connectivity index (χ0n) is 14.6. The lowest BCUT2D eigenvalue weighted by Crippen LogP contribution is -2.46. The summed E-state index contributed by atoms with van der Waals surface area (Å²) in [6.07, 6.45) is 9.37. The molecule has 2 aliphatic rings. The van der Waals surface area contributed by atoms with Crippen molar-refractivity contribution in [3.8, 4) is 5.88 Å². The van der Waals surface area contributed by atoms with Gasteiger partial charge in [-0.2, -0.15) is 0 Å². The molecule has 0 aliphatic carbocycles. The molecular formula is C18H28N4O2. The van der Waals surface area contributed by atoms with Crippen LogP contribution in [0.1, 0.15) is 32.6 Å². The van der Waals surface area contributed by atoms with E-state index < -0.39 is 0 Å². The van der Waals surface area contributed by atoms with Crippen molar-refractivity contribution in [1.82, 2.24) is 19.8 Å². The Morgan fingerprint density at radius 3 is 2.58 bits per heavy atom. The van der Waals surface area contributed by atoms with Crippen LogP contribution < -0.4 is 4.74 Å².